The van der Waals surface area contributed by atoms with Gasteiger partial charge < -0.3 is 31.2 Å². The number of hydrogen-bond acceptors (Lipinski definition) is 8. The van der Waals surface area contributed by atoms with E-state index in [1.165, 1.54) is 13.0 Å². The lowest BCUT2D eigenvalue weighted by molar-refractivity contribution is -0.153. The Kier molecular flexibility index (Phi) is 11.4. The number of aryl methyl sites for hydroxylation is 1. The molecule has 1 aromatic heterocycles. The van der Waals surface area contributed by atoms with Crippen molar-refractivity contribution in [1.29, 1.82) is 0 Å². The van der Waals surface area contributed by atoms with Crippen molar-refractivity contribution in [2.24, 2.45) is 21.5 Å². The highest BCUT2D eigenvalue weighted by molar-refractivity contribution is 6.07. The Balaban J connectivity index is 2.38. The summed E-state index contributed by atoms with van der Waals surface area (Å²) in [4.78, 5) is 62.4. The summed E-state index contributed by atoms with van der Waals surface area (Å²) in [7, 11) is 0. The van der Waals surface area contributed by atoms with Gasteiger partial charge in [-0.15, -0.1) is 0 Å². The highest BCUT2D eigenvalue weighted by Crippen LogP contribution is 2.24. The number of ether oxygens (including phenoxy) is 2. The number of aliphatic imine (C=N–C) groups is 2. The van der Waals surface area contributed by atoms with Crippen molar-refractivity contribution >= 4 is 41.7 Å². The molecule has 0 aliphatic rings. The fourth-order valence-corrected chi connectivity index (χ4v) is 3.42. The molecular formula is C26H35N7O6. The minimum Gasteiger partial charge on any atom is -0.427 e. The first-order valence-corrected chi connectivity index (χ1v) is 12.4. The molecule has 0 radical (unpaired) electrons. The van der Waals surface area contributed by atoms with Gasteiger partial charge in [0.15, 0.2) is 5.84 Å². The van der Waals surface area contributed by atoms with Crippen molar-refractivity contribution in [3.63, 3.8) is 0 Å². The van der Waals surface area contributed by atoms with Crippen LogP contribution in [0.4, 0.5) is 10.5 Å². The summed E-state index contributed by atoms with van der Waals surface area (Å²) in [6, 6.07) is 3.87. The summed E-state index contributed by atoms with van der Waals surface area (Å²) in [6.45, 7) is 8.46. The van der Waals surface area contributed by atoms with Crippen molar-refractivity contribution in [2.45, 2.75) is 47.1 Å². The second-order valence-corrected chi connectivity index (χ2v) is 8.51. The summed E-state index contributed by atoms with van der Waals surface area (Å²) in [5.41, 5.74) is 13.8. The third-order valence-electron chi connectivity index (χ3n) is 5.49. The molecule has 3 amide bonds. The molecule has 0 saturated heterocycles. The molecule has 0 aliphatic heterocycles. The van der Waals surface area contributed by atoms with Gasteiger partial charge in [-0.2, -0.15) is 0 Å². The minimum atomic E-state index is -0.974. The third-order valence-corrected chi connectivity index (χ3v) is 5.49. The number of aromatic amines is 1. The van der Waals surface area contributed by atoms with Gasteiger partial charge in [0.05, 0.1) is 23.3 Å². The van der Waals surface area contributed by atoms with Crippen LogP contribution in [-0.2, 0) is 14.3 Å². The number of nitrogens with one attached hydrogen (secondary N) is 2. The van der Waals surface area contributed by atoms with Crippen LogP contribution in [0.25, 0.3) is 0 Å². The summed E-state index contributed by atoms with van der Waals surface area (Å²) < 4.78 is 9.71. The van der Waals surface area contributed by atoms with Crippen LogP contribution in [0, 0.1) is 13.8 Å². The number of amides is 3. The van der Waals surface area contributed by atoms with Crippen molar-refractivity contribution in [3.05, 3.63) is 52.3 Å². The number of nitrogens with two attached hydrogens (primary N) is 2. The standard InChI is InChI=1S/C26H35N7O6/c1-6-10-33(26(37)39-14-38-25(36)17(5)28)24(35)18-9-8-15(3)20(11-18)32-22(31-13-27)21-16(4)19(12-30-21)23(34)29-7-2/h8-9,11-13,17,30H,6-7,10,14,28H2,1-5H3,(H,29,34)(H2,27,31,32). The number of carbonyl (C=O) groups is 4. The number of nitrogens with zero attached hydrogens (tertiary/aromatic N) is 3. The number of aromatic nitrogens is 1. The van der Waals surface area contributed by atoms with Gasteiger partial charge in [-0.1, -0.05) is 13.0 Å². The molecule has 210 valence electrons. The van der Waals surface area contributed by atoms with Crippen LogP contribution >= 0.6 is 0 Å². The maximum Gasteiger partial charge on any atom is 0.419 e. The average Bonchev–Trinajstić information content (AvgIpc) is 3.28. The quantitative estimate of drug-likeness (QED) is 0.152. The molecule has 0 aliphatic carbocycles. The number of esters is 1. The number of benzene rings is 1. The fourth-order valence-electron chi connectivity index (χ4n) is 3.42. The smallest absolute Gasteiger partial charge is 0.419 e. The number of hydrogen-bond donors (Lipinski definition) is 4. The predicted octanol–water partition coefficient (Wildman–Crippen LogP) is 2.28. The number of amidine groups is 1. The number of carbonyl (C=O) groups excluding carboxylic acids is 4. The van der Waals surface area contributed by atoms with E-state index in [0.717, 1.165) is 16.8 Å². The Bertz CT molecular complexity index is 1270. The van der Waals surface area contributed by atoms with E-state index in [1.807, 2.05) is 6.92 Å². The summed E-state index contributed by atoms with van der Waals surface area (Å²) in [6.07, 6.45) is 2.13. The van der Waals surface area contributed by atoms with E-state index < -0.39 is 30.8 Å². The number of imide groups is 1. The van der Waals surface area contributed by atoms with Crippen molar-refractivity contribution in [1.82, 2.24) is 15.2 Å². The molecule has 1 atom stereocenters. The Morgan fingerprint density at radius 1 is 1.18 bits per heavy atom. The first-order chi connectivity index (χ1) is 18.5. The lowest BCUT2D eigenvalue weighted by Gasteiger charge is -2.20. The molecule has 13 heteroatoms. The van der Waals surface area contributed by atoms with Gasteiger partial charge in [-0.05, 0) is 57.4 Å². The van der Waals surface area contributed by atoms with Crippen LogP contribution < -0.4 is 16.8 Å². The topological polar surface area (TPSA) is 195 Å². The van der Waals surface area contributed by atoms with Crippen LogP contribution in [0.1, 0.15) is 64.7 Å². The van der Waals surface area contributed by atoms with Gasteiger partial charge in [0.25, 0.3) is 11.8 Å². The highest BCUT2D eigenvalue weighted by Gasteiger charge is 2.25. The SMILES string of the molecule is CCCN(C(=O)OCOC(=O)C(C)N)C(=O)c1ccc(C)c(N=C(N=CN)c2[nH]cc(C(=O)NCC)c2C)c1. The monoisotopic (exact) mass is 541 g/mol. The van der Waals surface area contributed by atoms with E-state index >= 15 is 0 Å². The predicted molar refractivity (Wildman–Crippen MR) is 146 cm³/mol. The maximum atomic E-state index is 13.3. The second kappa shape index (κ2) is 14.4. The largest absolute Gasteiger partial charge is 0.427 e. The number of rotatable bonds is 10. The lowest BCUT2D eigenvalue weighted by atomic mass is 10.1. The molecule has 13 nitrogen and oxygen atoms in total. The van der Waals surface area contributed by atoms with Crippen molar-refractivity contribution in [3.8, 4) is 0 Å². The molecule has 0 fully saturated rings. The van der Waals surface area contributed by atoms with Crippen LogP contribution in [0.5, 0.6) is 0 Å². The molecule has 1 unspecified atom stereocenters. The van der Waals surface area contributed by atoms with Crippen molar-refractivity contribution in [2.75, 3.05) is 19.9 Å². The van der Waals surface area contributed by atoms with Crippen LogP contribution in [0.2, 0.25) is 0 Å². The van der Waals surface area contributed by atoms with Crippen LogP contribution in [0.3, 0.4) is 0 Å². The van der Waals surface area contributed by atoms with Gasteiger partial charge >= 0.3 is 12.1 Å². The third kappa shape index (κ3) is 7.98. The Hall–Kier alpha value is -4.52. The zero-order valence-corrected chi connectivity index (χ0v) is 22.7. The second-order valence-electron chi connectivity index (χ2n) is 8.51. The summed E-state index contributed by atoms with van der Waals surface area (Å²) >= 11 is 0. The average molecular weight is 542 g/mol. The van der Waals surface area contributed by atoms with Gasteiger partial charge in [0, 0.05) is 24.8 Å². The van der Waals surface area contributed by atoms with Gasteiger partial charge in [-0.3, -0.25) is 14.4 Å². The van der Waals surface area contributed by atoms with Crippen LogP contribution in [-0.4, -0.2) is 71.9 Å². The Morgan fingerprint density at radius 2 is 1.90 bits per heavy atom. The van der Waals surface area contributed by atoms with Crippen LogP contribution in [0.15, 0.2) is 34.4 Å². The maximum absolute atomic E-state index is 13.3. The molecule has 1 heterocycles. The minimum absolute atomic E-state index is 0.0678. The van der Waals surface area contributed by atoms with E-state index in [2.05, 4.69) is 20.3 Å². The molecule has 0 saturated carbocycles. The summed E-state index contributed by atoms with van der Waals surface area (Å²) in [5, 5.41) is 2.75. The molecule has 1 aromatic carbocycles. The van der Waals surface area contributed by atoms with Crippen molar-refractivity contribution < 1.29 is 28.7 Å². The fraction of sp³-hybridized carbons (Fsp3) is 0.385. The Labute approximate surface area is 226 Å². The van der Waals surface area contributed by atoms with Gasteiger partial charge in [0.1, 0.15) is 6.04 Å². The van der Waals surface area contributed by atoms with E-state index in [0.29, 0.717) is 35.5 Å². The lowest BCUT2D eigenvalue weighted by Crippen LogP contribution is -2.39. The van der Waals surface area contributed by atoms with E-state index in [9.17, 15) is 19.2 Å². The Morgan fingerprint density at radius 3 is 2.51 bits per heavy atom. The number of H-pyrrole nitrogens is 1. The molecule has 39 heavy (non-hydrogen) atoms. The molecule has 0 bridgehead atoms. The van der Waals surface area contributed by atoms with E-state index in [1.54, 1.807) is 39.1 Å². The van der Waals surface area contributed by atoms with Gasteiger partial charge in [-0.25, -0.2) is 19.7 Å². The first kappa shape index (κ1) is 30.7. The normalized spacial score (nSPS) is 12.2. The molecule has 2 rings (SSSR count). The molecule has 6 N–H and O–H groups in total. The highest BCUT2D eigenvalue weighted by atomic mass is 16.7. The van der Waals surface area contributed by atoms with Gasteiger partial charge in [0.2, 0.25) is 6.79 Å². The molecular weight excluding hydrogens is 506 g/mol. The van der Waals surface area contributed by atoms with E-state index in [-0.39, 0.29) is 23.9 Å². The summed E-state index contributed by atoms with van der Waals surface area (Å²) in [5.74, 6) is -1.43. The zero-order valence-electron chi connectivity index (χ0n) is 22.7. The zero-order chi connectivity index (χ0) is 29.1. The molecule has 2 aromatic rings. The molecule has 0 spiro atoms. The first-order valence-electron chi connectivity index (χ1n) is 12.4. The van der Waals surface area contributed by atoms with E-state index in [4.69, 9.17) is 20.9 Å².